The van der Waals surface area contributed by atoms with E-state index in [1.165, 1.54) is 5.56 Å². The zero-order chi connectivity index (χ0) is 19.1. The van der Waals surface area contributed by atoms with Gasteiger partial charge in [0.05, 0.1) is 12.6 Å². The van der Waals surface area contributed by atoms with Crippen LogP contribution >= 0.6 is 0 Å². The van der Waals surface area contributed by atoms with Crippen molar-refractivity contribution in [1.29, 1.82) is 0 Å². The van der Waals surface area contributed by atoms with Gasteiger partial charge < -0.3 is 20.2 Å². The van der Waals surface area contributed by atoms with E-state index in [9.17, 15) is 5.11 Å². The molecule has 2 heterocycles. The molecule has 1 unspecified atom stereocenters. The van der Waals surface area contributed by atoms with Gasteiger partial charge in [-0.3, -0.25) is 4.99 Å². The Bertz CT molecular complexity index is 726. The monoisotopic (exact) mass is 368 g/mol. The Morgan fingerprint density at radius 1 is 1.15 bits per heavy atom. The summed E-state index contributed by atoms with van der Waals surface area (Å²) in [5.74, 6) is 1.62. The molecule has 144 valence electrons. The zero-order valence-corrected chi connectivity index (χ0v) is 16.0. The van der Waals surface area contributed by atoms with Crippen LogP contribution in [0, 0.1) is 6.92 Å². The predicted octanol–water partition coefficient (Wildman–Crippen LogP) is 1.61. The molecule has 0 radical (unpaired) electrons. The van der Waals surface area contributed by atoms with Crippen molar-refractivity contribution in [2.45, 2.75) is 20.0 Å². The molecule has 3 rings (SSSR count). The first-order valence-electron chi connectivity index (χ1n) is 9.47. The van der Waals surface area contributed by atoms with Crippen LogP contribution in [0.25, 0.3) is 0 Å². The number of aliphatic hydroxyl groups is 1. The van der Waals surface area contributed by atoms with Gasteiger partial charge in [-0.15, -0.1) is 0 Å². The van der Waals surface area contributed by atoms with Crippen LogP contribution in [0.5, 0.6) is 0 Å². The second-order valence-corrected chi connectivity index (χ2v) is 6.64. The molecule has 7 nitrogen and oxygen atoms in total. The van der Waals surface area contributed by atoms with E-state index in [0.29, 0.717) is 6.54 Å². The molecule has 0 saturated carbocycles. The van der Waals surface area contributed by atoms with E-state index in [2.05, 4.69) is 37.0 Å². The fraction of sp³-hybridized carbons (Fsp3) is 0.450. The molecule has 1 aliphatic heterocycles. The Morgan fingerprint density at radius 3 is 2.44 bits per heavy atom. The number of aliphatic imine (C=N–C) groups is 1. The van der Waals surface area contributed by atoms with Crippen LogP contribution in [0.15, 0.2) is 47.7 Å². The molecule has 1 fully saturated rings. The minimum Gasteiger partial charge on any atom is -0.386 e. The Hall–Kier alpha value is -2.67. The summed E-state index contributed by atoms with van der Waals surface area (Å²) in [5, 5.41) is 13.8. The van der Waals surface area contributed by atoms with E-state index in [0.717, 1.165) is 50.2 Å². The molecule has 27 heavy (non-hydrogen) atoms. The number of anilines is 1. The third-order valence-electron chi connectivity index (χ3n) is 4.63. The zero-order valence-electron chi connectivity index (χ0n) is 16.0. The minimum absolute atomic E-state index is 0.341. The number of aliphatic hydroxyl groups excluding tert-OH is 1. The van der Waals surface area contributed by atoms with Crippen molar-refractivity contribution in [3.8, 4) is 0 Å². The van der Waals surface area contributed by atoms with Crippen molar-refractivity contribution < 1.29 is 5.11 Å². The molecule has 0 bridgehead atoms. The number of aryl methyl sites for hydroxylation is 1. The van der Waals surface area contributed by atoms with E-state index < -0.39 is 6.10 Å². The highest BCUT2D eigenvalue weighted by Crippen LogP contribution is 2.15. The fourth-order valence-corrected chi connectivity index (χ4v) is 3.07. The molecule has 1 aromatic heterocycles. The number of guanidine groups is 1. The second-order valence-electron chi connectivity index (χ2n) is 6.64. The van der Waals surface area contributed by atoms with Crippen LogP contribution in [-0.2, 0) is 0 Å². The highest BCUT2D eigenvalue weighted by atomic mass is 16.3. The number of nitrogens with zero attached hydrogens (tertiary/aromatic N) is 5. The number of piperazine rings is 1. The summed E-state index contributed by atoms with van der Waals surface area (Å²) in [6.07, 6.45) is 2.94. The summed E-state index contributed by atoms with van der Waals surface area (Å²) in [5.41, 5.74) is 2.08. The minimum atomic E-state index is -0.599. The lowest BCUT2D eigenvalue weighted by atomic mass is 10.1. The third-order valence-corrected chi connectivity index (χ3v) is 4.63. The summed E-state index contributed by atoms with van der Waals surface area (Å²) in [7, 11) is 0. The van der Waals surface area contributed by atoms with Crippen LogP contribution in [0.4, 0.5) is 5.95 Å². The van der Waals surface area contributed by atoms with E-state index in [-0.39, 0.29) is 0 Å². The highest BCUT2D eigenvalue weighted by Gasteiger charge is 2.21. The lowest BCUT2D eigenvalue weighted by Crippen LogP contribution is -2.53. The molecule has 1 aromatic carbocycles. The van der Waals surface area contributed by atoms with Crippen molar-refractivity contribution >= 4 is 11.9 Å². The first-order valence-corrected chi connectivity index (χ1v) is 9.47. The van der Waals surface area contributed by atoms with Gasteiger partial charge in [-0.25, -0.2) is 9.97 Å². The van der Waals surface area contributed by atoms with Crippen molar-refractivity contribution in [2.75, 3.05) is 44.2 Å². The number of rotatable bonds is 5. The summed E-state index contributed by atoms with van der Waals surface area (Å²) in [4.78, 5) is 17.7. The topological polar surface area (TPSA) is 76.9 Å². The van der Waals surface area contributed by atoms with Gasteiger partial charge in [0.1, 0.15) is 0 Å². The lowest BCUT2D eigenvalue weighted by Gasteiger charge is -2.36. The number of nitrogens with one attached hydrogen (secondary N) is 1. The van der Waals surface area contributed by atoms with Gasteiger partial charge in [0.25, 0.3) is 0 Å². The Kier molecular flexibility index (Phi) is 6.59. The predicted molar refractivity (Wildman–Crippen MR) is 108 cm³/mol. The number of hydrogen-bond acceptors (Lipinski definition) is 5. The van der Waals surface area contributed by atoms with E-state index in [1.54, 1.807) is 12.4 Å². The van der Waals surface area contributed by atoms with Crippen molar-refractivity contribution in [2.24, 2.45) is 4.99 Å². The largest absolute Gasteiger partial charge is 0.386 e. The van der Waals surface area contributed by atoms with Gasteiger partial charge in [0.2, 0.25) is 5.95 Å². The van der Waals surface area contributed by atoms with E-state index in [1.807, 2.05) is 37.3 Å². The van der Waals surface area contributed by atoms with Gasteiger partial charge in [-0.1, -0.05) is 29.8 Å². The number of hydrogen-bond donors (Lipinski definition) is 2. The molecular weight excluding hydrogens is 340 g/mol. The maximum Gasteiger partial charge on any atom is 0.225 e. The molecule has 7 heteroatoms. The van der Waals surface area contributed by atoms with Crippen molar-refractivity contribution in [3.63, 3.8) is 0 Å². The van der Waals surface area contributed by atoms with Gasteiger partial charge in [-0.2, -0.15) is 0 Å². The quantitative estimate of drug-likeness (QED) is 0.617. The van der Waals surface area contributed by atoms with Crippen LogP contribution in [0.2, 0.25) is 0 Å². The summed E-state index contributed by atoms with van der Waals surface area (Å²) in [6, 6.07) is 9.77. The molecular formula is C20H28N6O. The van der Waals surface area contributed by atoms with Gasteiger partial charge >= 0.3 is 0 Å². The average molecular weight is 368 g/mol. The van der Waals surface area contributed by atoms with Gasteiger partial charge in [0, 0.05) is 45.1 Å². The Labute approximate surface area is 160 Å². The maximum atomic E-state index is 10.4. The summed E-state index contributed by atoms with van der Waals surface area (Å²) < 4.78 is 0. The molecule has 1 saturated heterocycles. The summed E-state index contributed by atoms with van der Waals surface area (Å²) >= 11 is 0. The Balaban J connectivity index is 1.60. The first kappa shape index (κ1) is 19.1. The van der Waals surface area contributed by atoms with Crippen molar-refractivity contribution in [3.05, 3.63) is 53.9 Å². The number of aromatic nitrogens is 2. The number of benzene rings is 1. The average Bonchev–Trinajstić information content (AvgIpc) is 2.72. The van der Waals surface area contributed by atoms with Crippen LogP contribution in [0.3, 0.4) is 0 Å². The molecule has 1 atom stereocenters. The molecule has 2 aromatic rings. The Morgan fingerprint density at radius 2 is 1.81 bits per heavy atom. The highest BCUT2D eigenvalue weighted by molar-refractivity contribution is 5.80. The fourth-order valence-electron chi connectivity index (χ4n) is 3.07. The lowest BCUT2D eigenvalue weighted by molar-refractivity contribution is 0.186. The van der Waals surface area contributed by atoms with E-state index in [4.69, 9.17) is 0 Å². The second kappa shape index (κ2) is 9.32. The summed E-state index contributed by atoms with van der Waals surface area (Å²) in [6.45, 7) is 8.59. The van der Waals surface area contributed by atoms with Crippen LogP contribution < -0.4 is 10.2 Å². The van der Waals surface area contributed by atoms with Gasteiger partial charge in [0.15, 0.2) is 5.96 Å². The normalized spacial score (nSPS) is 16.3. The maximum absolute atomic E-state index is 10.4. The molecule has 2 N–H and O–H groups in total. The van der Waals surface area contributed by atoms with Gasteiger partial charge in [-0.05, 0) is 25.5 Å². The smallest absolute Gasteiger partial charge is 0.225 e. The molecule has 0 aliphatic carbocycles. The molecule has 0 spiro atoms. The standard InChI is InChI=1S/C20H28N6O/c1-3-21-19(24-15-18(27)17-7-5-16(2)6-8-17)25-11-13-26(14-12-25)20-22-9-4-10-23-20/h4-10,18,27H,3,11-15H2,1-2H3,(H,21,24). The van der Waals surface area contributed by atoms with Crippen LogP contribution in [0.1, 0.15) is 24.2 Å². The molecule has 1 aliphatic rings. The third kappa shape index (κ3) is 5.17. The first-order chi connectivity index (χ1) is 13.2. The van der Waals surface area contributed by atoms with Crippen molar-refractivity contribution in [1.82, 2.24) is 20.2 Å². The van der Waals surface area contributed by atoms with E-state index >= 15 is 0 Å². The molecule has 0 amide bonds. The van der Waals surface area contributed by atoms with Crippen LogP contribution in [-0.4, -0.2) is 65.2 Å². The SMILES string of the molecule is CCNC(=NCC(O)c1ccc(C)cc1)N1CCN(c2ncccn2)CC1.